The molecule has 1 rings (SSSR count). The van der Waals surface area contributed by atoms with Crippen molar-refractivity contribution in [1.29, 1.82) is 0 Å². The van der Waals surface area contributed by atoms with E-state index >= 15 is 0 Å². The fourth-order valence-corrected chi connectivity index (χ4v) is 2.99. The fourth-order valence-electron chi connectivity index (χ4n) is 2.19. The molecule has 0 aromatic heterocycles. The maximum Gasteiger partial charge on any atom is 0.270 e. The van der Waals surface area contributed by atoms with Gasteiger partial charge in [0.2, 0.25) is 0 Å². The summed E-state index contributed by atoms with van der Waals surface area (Å²) in [6, 6.07) is 0. The van der Waals surface area contributed by atoms with Crippen molar-refractivity contribution in [3.8, 4) is 0 Å². The molecule has 0 aromatic carbocycles. The minimum atomic E-state index is -0.264. The molecule has 0 aromatic rings. The van der Waals surface area contributed by atoms with Crippen LogP contribution in [0.2, 0.25) is 0 Å². The molecule has 0 aliphatic heterocycles. The van der Waals surface area contributed by atoms with Crippen molar-refractivity contribution in [2.45, 2.75) is 64.7 Å². The van der Waals surface area contributed by atoms with Gasteiger partial charge in [0.15, 0.2) is 0 Å². The van der Waals surface area contributed by atoms with E-state index in [4.69, 9.17) is 0 Å². The van der Waals surface area contributed by atoms with Crippen LogP contribution in [0.25, 0.3) is 0 Å². The second-order valence-electron chi connectivity index (χ2n) is 5.13. The standard InChI is InChI=1S/C15H26N2O2S/c1-2-3-4-5-6-7-10-13-20-16-14-11-8-9-12-15(14)17(18)19/h8,11,16H,2-7,9-10,12-13H2,1H3. The molecule has 1 aliphatic carbocycles. The second kappa shape index (κ2) is 10.8. The van der Waals surface area contributed by atoms with Gasteiger partial charge in [-0.05, 0) is 18.9 Å². The molecular formula is C15H26N2O2S. The van der Waals surface area contributed by atoms with E-state index in [9.17, 15) is 10.1 Å². The Bertz CT molecular complexity index is 354. The number of nitro groups is 1. The Morgan fingerprint density at radius 1 is 1.25 bits per heavy atom. The van der Waals surface area contributed by atoms with Crippen LogP contribution < -0.4 is 4.72 Å². The third-order valence-corrected chi connectivity index (χ3v) is 4.25. The number of allylic oxidation sites excluding steroid dienone is 3. The lowest BCUT2D eigenvalue weighted by Crippen LogP contribution is -2.13. The lowest BCUT2D eigenvalue weighted by molar-refractivity contribution is -0.429. The third-order valence-electron chi connectivity index (χ3n) is 3.40. The van der Waals surface area contributed by atoms with Crippen molar-refractivity contribution in [2.75, 3.05) is 5.75 Å². The van der Waals surface area contributed by atoms with Gasteiger partial charge in [0.25, 0.3) is 5.70 Å². The summed E-state index contributed by atoms with van der Waals surface area (Å²) in [5.74, 6) is 1.01. The number of rotatable bonds is 11. The van der Waals surface area contributed by atoms with Crippen molar-refractivity contribution < 1.29 is 4.92 Å². The van der Waals surface area contributed by atoms with Crippen molar-refractivity contribution in [1.82, 2.24) is 4.72 Å². The Morgan fingerprint density at radius 3 is 2.65 bits per heavy atom. The van der Waals surface area contributed by atoms with Crippen LogP contribution in [0.1, 0.15) is 64.7 Å². The third kappa shape index (κ3) is 6.98. The van der Waals surface area contributed by atoms with Crippen LogP contribution in [0.4, 0.5) is 0 Å². The number of hydrogen-bond acceptors (Lipinski definition) is 4. The number of hydrogen-bond donors (Lipinski definition) is 1. The molecule has 1 N–H and O–H groups in total. The molecular weight excluding hydrogens is 272 g/mol. The van der Waals surface area contributed by atoms with Crippen LogP contribution in [0.15, 0.2) is 23.5 Å². The van der Waals surface area contributed by atoms with Gasteiger partial charge < -0.3 is 4.72 Å². The quantitative estimate of drug-likeness (QED) is 0.257. The van der Waals surface area contributed by atoms with Gasteiger partial charge in [0, 0.05) is 12.2 Å². The Morgan fingerprint density at radius 2 is 1.95 bits per heavy atom. The van der Waals surface area contributed by atoms with E-state index in [1.165, 1.54) is 44.9 Å². The molecule has 0 spiro atoms. The van der Waals surface area contributed by atoms with Gasteiger partial charge in [-0.1, -0.05) is 63.5 Å². The topological polar surface area (TPSA) is 55.2 Å². The van der Waals surface area contributed by atoms with Gasteiger partial charge in [-0.3, -0.25) is 10.1 Å². The van der Waals surface area contributed by atoms with E-state index in [1.54, 1.807) is 11.9 Å². The van der Waals surface area contributed by atoms with Crippen LogP contribution in [0, 0.1) is 10.1 Å². The van der Waals surface area contributed by atoms with Crippen LogP contribution in [0.3, 0.4) is 0 Å². The molecule has 0 saturated heterocycles. The average molecular weight is 298 g/mol. The normalized spacial score (nSPS) is 14.7. The van der Waals surface area contributed by atoms with E-state index in [1.807, 2.05) is 12.2 Å². The summed E-state index contributed by atoms with van der Waals surface area (Å²) in [6.45, 7) is 2.23. The zero-order chi connectivity index (χ0) is 14.6. The Balaban J connectivity index is 2.08. The average Bonchev–Trinajstić information content (AvgIpc) is 2.46. The van der Waals surface area contributed by atoms with Gasteiger partial charge in [0.05, 0.1) is 4.92 Å². The summed E-state index contributed by atoms with van der Waals surface area (Å²) < 4.78 is 3.13. The van der Waals surface area contributed by atoms with Crippen molar-refractivity contribution in [2.24, 2.45) is 0 Å². The summed E-state index contributed by atoms with van der Waals surface area (Å²) in [7, 11) is 0. The van der Waals surface area contributed by atoms with Crippen LogP contribution >= 0.6 is 11.9 Å². The van der Waals surface area contributed by atoms with Crippen molar-refractivity contribution in [3.05, 3.63) is 33.7 Å². The monoisotopic (exact) mass is 298 g/mol. The van der Waals surface area contributed by atoms with Gasteiger partial charge in [0.1, 0.15) is 5.70 Å². The maximum atomic E-state index is 10.9. The second-order valence-corrected chi connectivity index (χ2v) is 6.03. The van der Waals surface area contributed by atoms with Crippen molar-refractivity contribution in [3.63, 3.8) is 0 Å². The van der Waals surface area contributed by atoms with E-state index in [-0.39, 0.29) is 4.92 Å². The number of nitrogens with zero attached hydrogens (tertiary/aromatic N) is 1. The molecule has 1 aliphatic rings. The predicted octanol–water partition coefficient (Wildman–Crippen LogP) is 4.81. The minimum absolute atomic E-state index is 0.264. The Hall–Kier alpha value is -0.970. The molecule has 0 amide bonds. The molecule has 4 nitrogen and oxygen atoms in total. The van der Waals surface area contributed by atoms with Crippen LogP contribution in [-0.4, -0.2) is 10.7 Å². The molecule has 0 unspecified atom stereocenters. The first-order valence-corrected chi connectivity index (χ1v) is 8.66. The largest absolute Gasteiger partial charge is 0.324 e. The molecule has 0 saturated carbocycles. The lowest BCUT2D eigenvalue weighted by atomic mass is 10.1. The highest BCUT2D eigenvalue weighted by atomic mass is 32.2. The highest BCUT2D eigenvalue weighted by Crippen LogP contribution is 2.19. The summed E-state index contributed by atoms with van der Waals surface area (Å²) in [6.07, 6.45) is 14.2. The summed E-state index contributed by atoms with van der Waals surface area (Å²) in [5.41, 5.74) is 0.994. The van der Waals surface area contributed by atoms with E-state index < -0.39 is 0 Å². The van der Waals surface area contributed by atoms with Crippen LogP contribution in [-0.2, 0) is 0 Å². The van der Waals surface area contributed by atoms with E-state index in [0.29, 0.717) is 17.8 Å². The summed E-state index contributed by atoms with van der Waals surface area (Å²) in [4.78, 5) is 10.6. The summed E-state index contributed by atoms with van der Waals surface area (Å²) in [5, 5.41) is 10.9. The maximum absolute atomic E-state index is 10.9. The molecule has 0 atom stereocenters. The summed E-state index contributed by atoms with van der Waals surface area (Å²) >= 11 is 1.59. The highest BCUT2D eigenvalue weighted by Gasteiger charge is 2.18. The van der Waals surface area contributed by atoms with Gasteiger partial charge >= 0.3 is 0 Å². The van der Waals surface area contributed by atoms with E-state index in [0.717, 1.165) is 12.2 Å². The number of unbranched alkanes of at least 4 members (excludes halogenated alkanes) is 6. The highest BCUT2D eigenvalue weighted by molar-refractivity contribution is 7.97. The molecule has 0 heterocycles. The molecule has 5 heteroatoms. The zero-order valence-electron chi connectivity index (χ0n) is 12.4. The van der Waals surface area contributed by atoms with Gasteiger partial charge in [-0.15, -0.1) is 0 Å². The SMILES string of the molecule is CCCCCCCCCSNC1=C([N+](=O)[O-])CCC=C1. The van der Waals surface area contributed by atoms with Crippen LogP contribution in [0.5, 0.6) is 0 Å². The predicted molar refractivity (Wildman–Crippen MR) is 86.0 cm³/mol. The van der Waals surface area contributed by atoms with Gasteiger partial charge in [-0.2, -0.15) is 0 Å². The molecule has 0 fully saturated rings. The molecule has 0 radical (unpaired) electrons. The van der Waals surface area contributed by atoms with Crippen molar-refractivity contribution >= 4 is 11.9 Å². The first-order chi connectivity index (χ1) is 9.75. The Labute approximate surface area is 126 Å². The Kier molecular flexibility index (Phi) is 9.20. The molecule has 0 bridgehead atoms. The first-order valence-electron chi connectivity index (χ1n) is 7.67. The molecule has 114 valence electrons. The molecule has 20 heavy (non-hydrogen) atoms. The lowest BCUT2D eigenvalue weighted by Gasteiger charge is -2.10. The van der Waals surface area contributed by atoms with E-state index in [2.05, 4.69) is 11.6 Å². The number of nitrogens with one attached hydrogen (secondary N) is 1. The minimum Gasteiger partial charge on any atom is -0.324 e. The first kappa shape index (κ1) is 17.1. The zero-order valence-corrected chi connectivity index (χ0v) is 13.2. The fraction of sp³-hybridized carbons (Fsp3) is 0.733. The smallest absolute Gasteiger partial charge is 0.270 e. The van der Waals surface area contributed by atoms with Gasteiger partial charge in [-0.25, -0.2) is 0 Å².